The Balaban J connectivity index is 1.28. The number of H-pyrrole nitrogens is 1. The Morgan fingerprint density at radius 2 is 1.76 bits per heavy atom. The first-order chi connectivity index (χ1) is 18.0. The minimum absolute atomic E-state index is 0.172. The standard InChI is InChI=1S/C32H35FN4/c1-36(2)32(21-23-8-4-3-5-9-23)17-14-24(15-18-32)31-26(27-20-25(33)12-13-28(27)35-31)16-19-37-22-34-29-10-6-7-11-30(29)37/h3-13,20,22,24,35H,14-19,21H2,1-2H3. The fraction of sp³-hybridized carbons (Fsp3) is 0.344. The number of aromatic amines is 1. The van der Waals surface area contributed by atoms with E-state index in [-0.39, 0.29) is 11.4 Å². The second-order valence-electron chi connectivity index (χ2n) is 10.9. The van der Waals surface area contributed by atoms with Crippen LogP contribution in [0, 0.1) is 5.82 Å². The molecule has 0 spiro atoms. The Morgan fingerprint density at radius 1 is 1.00 bits per heavy atom. The molecule has 1 N–H and O–H groups in total. The predicted molar refractivity (Wildman–Crippen MR) is 149 cm³/mol. The molecule has 0 saturated heterocycles. The van der Waals surface area contributed by atoms with E-state index in [0.717, 1.165) is 67.0 Å². The molecule has 1 aliphatic rings. The maximum absolute atomic E-state index is 14.4. The van der Waals surface area contributed by atoms with Crippen molar-refractivity contribution in [2.75, 3.05) is 14.1 Å². The Hall–Kier alpha value is -3.44. The van der Waals surface area contributed by atoms with Gasteiger partial charge in [-0.2, -0.15) is 0 Å². The molecule has 6 rings (SSSR count). The number of nitrogens with one attached hydrogen (secondary N) is 1. The zero-order valence-corrected chi connectivity index (χ0v) is 21.8. The molecule has 190 valence electrons. The molecule has 4 nitrogen and oxygen atoms in total. The predicted octanol–water partition coefficient (Wildman–Crippen LogP) is 7.10. The molecule has 2 aromatic heterocycles. The van der Waals surface area contributed by atoms with E-state index in [1.165, 1.54) is 16.8 Å². The van der Waals surface area contributed by atoms with Gasteiger partial charge in [0.15, 0.2) is 0 Å². The number of aryl methyl sites for hydroxylation is 2. The molecule has 0 aliphatic heterocycles. The van der Waals surface area contributed by atoms with Crippen molar-refractivity contribution < 1.29 is 4.39 Å². The number of likely N-dealkylation sites (N-methyl/N-ethyl adjacent to an activating group) is 1. The van der Waals surface area contributed by atoms with E-state index < -0.39 is 0 Å². The molecule has 1 saturated carbocycles. The highest BCUT2D eigenvalue weighted by Gasteiger charge is 2.38. The van der Waals surface area contributed by atoms with Crippen molar-refractivity contribution >= 4 is 21.9 Å². The number of aromatic nitrogens is 3. The molecule has 0 radical (unpaired) electrons. The van der Waals surface area contributed by atoms with Crippen molar-refractivity contribution in [2.45, 2.75) is 56.5 Å². The van der Waals surface area contributed by atoms with Crippen LogP contribution in [0.5, 0.6) is 0 Å². The van der Waals surface area contributed by atoms with E-state index in [9.17, 15) is 4.39 Å². The van der Waals surface area contributed by atoms with Gasteiger partial charge in [0.2, 0.25) is 0 Å². The Morgan fingerprint density at radius 3 is 2.54 bits per heavy atom. The molecular formula is C32H35FN4. The molecule has 0 unspecified atom stereocenters. The third-order valence-electron chi connectivity index (χ3n) is 8.68. The Bertz CT molecular complexity index is 1510. The maximum atomic E-state index is 14.4. The third kappa shape index (κ3) is 4.57. The van der Waals surface area contributed by atoms with Crippen molar-refractivity contribution in [3.05, 3.63) is 102 Å². The van der Waals surface area contributed by atoms with Crippen molar-refractivity contribution in [1.29, 1.82) is 0 Å². The monoisotopic (exact) mass is 494 g/mol. The fourth-order valence-electron chi connectivity index (χ4n) is 6.48. The summed E-state index contributed by atoms with van der Waals surface area (Å²) in [5.74, 6) is 0.277. The van der Waals surface area contributed by atoms with Gasteiger partial charge >= 0.3 is 0 Å². The highest BCUT2D eigenvalue weighted by atomic mass is 19.1. The summed E-state index contributed by atoms with van der Waals surface area (Å²) in [5, 5.41) is 1.02. The first kappa shape index (κ1) is 23.9. The van der Waals surface area contributed by atoms with Gasteiger partial charge in [-0.25, -0.2) is 9.37 Å². The summed E-state index contributed by atoms with van der Waals surface area (Å²) in [6.45, 7) is 0.819. The lowest BCUT2D eigenvalue weighted by molar-refractivity contribution is 0.0920. The Labute approximate surface area is 218 Å². The van der Waals surface area contributed by atoms with Crippen molar-refractivity contribution in [3.63, 3.8) is 0 Å². The van der Waals surface area contributed by atoms with Gasteiger partial charge in [-0.15, -0.1) is 0 Å². The summed E-state index contributed by atoms with van der Waals surface area (Å²) in [4.78, 5) is 10.7. The number of benzene rings is 3. The van der Waals surface area contributed by atoms with Crippen LogP contribution in [0.2, 0.25) is 0 Å². The second-order valence-corrected chi connectivity index (χ2v) is 10.9. The van der Waals surface area contributed by atoms with Gasteiger partial charge in [0.25, 0.3) is 0 Å². The van der Waals surface area contributed by atoms with Crippen LogP contribution in [-0.4, -0.2) is 39.1 Å². The second kappa shape index (κ2) is 9.79. The minimum Gasteiger partial charge on any atom is -0.358 e. The van der Waals surface area contributed by atoms with Crippen LogP contribution in [0.4, 0.5) is 4.39 Å². The van der Waals surface area contributed by atoms with E-state index in [1.54, 1.807) is 12.1 Å². The lowest BCUT2D eigenvalue weighted by atomic mass is 9.71. The van der Waals surface area contributed by atoms with E-state index in [4.69, 9.17) is 0 Å². The van der Waals surface area contributed by atoms with Crippen LogP contribution >= 0.6 is 0 Å². The quantitative estimate of drug-likeness (QED) is 0.262. The number of para-hydroxylation sites is 2. The minimum atomic E-state index is -0.175. The van der Waals surface area contributed by atoms with Crippen LogP contribution in [0.3, 0.4) is 0 Å². The summed E-state index contributed by atoms with van der Waals surface area (Å²) in [7, 11) is 4.46. The molecule has 5 heteroatoms. The molecule has 3 aromatic carbocycles. The van der Waals surface area contributed by atoms with E-state index >= 15 is 0 Å². The van der Waals surface area contributed by atoms with Gasteiger partial charge in [0.05, 0.1) is 17.4 Å². The summed E-state index contributed by atoms with van der Waals surface area (Å²) in [6.07, 6.45) is 8.40. The van der Waals surface area contributed by atoms with Gasteiger partial charge in [0.1, 0.15) is 5.82 Å². The molecule has 1 aliphatic carbocycles. The van der Waals surface area contributed by atoms with E-state index in [2.05, 4.69) is 76.0 Å². The zero-order chi connectivity index (χ0) is 25.4. The van der Waals surface area contributed by atoms with E-state index in [1.807, 2.05) is 24.5 Å². The van der Waals surface area contributed by atoms with Crippen molar-refractivity contribution in [2.24, 2.45) is 0 Å². The number of rotatable bonds is 7. The Kier molecular flexibility index (Phi) is 6.33. The lowest BCUT2D eigenvalue weighted by Gasteiger charge is -2.45. The SMILES string of the molecule is CN(C)C1(Cc2ccccc2)CCC(c2[nH]c3ccc(F)cc3c2CCn2cnc3ccccc32)CC1. The zero-order valence-electron chi connectivity index (χ0n) is 21.8. The molecule has 5 aromatic rings. The summed E-state index contributed by atoms with van der Waals surface area (Å²) in [5.41, 5.74) is 7.34. The third-order valence-corrected chi connectivity index (χ3v) is 8.68. The van der Waals surface area contributed by atoms with Gasteiger partial charge in [-0.3, -0.25) is 0 Å². The molecule has 0 amide bonds. The highest BCUT2D eigenvalue weighted by Crippen LogP contribution is 2.44. The normalized spacial score (nSPS) is 20.3. The van der Waals surface area contributed by atoms with Gasteiger partial charge < -0.3 is 14.5 Å². The van der Waals surface area contributed by atoms with Gasteiger partial charge in [-0.05, 0) is 100.0 Å². The van der Waals surface area contributed by atoms with E-state index in [0.29, 0.717) is 5.92 Å². The summed E-state index contributed by atoms with van der Waals surface area (Å²) >= 11 is 0. The lowest BCUT2D eigenvalue weighted by Crippen LogP contribution is -2.48. The molecule has 0 atom stereocenters. The number of halogens is 1. The number of hydrogen-bond donors (Lipinski definition) is 1. The smallest absolute Gasteiger partial charge is 0.123 e. The fourth-order valence-corrected chi connectivity index (χ4v) is 6.48. The molecule has 37 heavy (non-hydrogen) atoms. The van der Waals surface area contributed by atoms with Gasteiger partial charge in [-0.1, -0.05) is 42.5 Å². The largest absolute Gasteiger partial charge is 0.358 e. The first-order valence-corrected chi connectivity index (χ1v) is 13.4. The molecule has 1 fully saturated rings. The highest BCUT2D eigenvalue weighted by molar-refractivity contribution is 5.85. The van der Waals surface area contributed by atoms with Crippen LogP contribution < -0.4 is 0 Å². The molecular weight excluding hydrogens is 459 g/mol. The van der Waals surface area contributed by atoms with Crippen LogP contribution in [0.1, 0.15) is 48.4 Å². The number of fused-ring (bicyclic) bond motifs is 2. The number of hydrogen-bond acceptors (Lipinski definition) is 2. The number of imidazole rings is 1. The summed E-state index contributed by atoms with van der Waals surface area (Å²) < 4.78 is 16.6. The van der Waals surface area contributed by atoms with Crippen LogP contribution in [-0.2, 0) is 19.4 Å². The van der Waals surface area contributed by atoms with Crippen molar-refractivity contribution in [3.8, 4) is 0 Å². The average molecular weight is 495 g/mol. The van der Waals surface area contributed by atoms with Crippen LogP contribution in [0.15, 0.2) is 79.1 Å². The summed E-state index contributed by atoms with van der Waals surface area (Å²) in [6, 6.07) is 24.3. The van der Waals surface area contributed by atoms with Gasteiger partial charge in [0, 0.05) is 28.7 Å². The average Bonchev–Trinajstić information content (AvgIpc) is 3.49. The number of nitrogens with zero attached hydrogens (tertiary/aromatic N) is 3. The molecule has 2 heterocycles. The first-order valence-electron chi connectivity index (χ1n) is 13.4. The van der Waals surface area contributed by atoms with Crippen LogP contribution in [0.25, 0.3) is 21.9 Å². The maximum Gasteiger partial charge on any atom is 0.123 e. The molecule has 0 bridgehead atoms. The topological polar surface area (TPSA) is 36.9 Å². The van der Waals surface area contributed by atoms with Crippen molar-refractivity contribution in [1.82, 2.24) is 19.4 Å².